The summed E-state index contributed by atoms with van der Waals surface area (Å²) >= 11 is 0. The van der Waals surface area contributed by atoms with Crippen molar-refractivity contribution in [1.29, 1.82) is 0 Å². The van der Waals surface area contributed by atoms with E-state index >= 15 is 0 Å². The second kappa shape index (κ2) is 6.35. The van der Waals surface area contributed by atoms with E-state index in [1.54, 1.807) is 0 Å². The molecule has 0 aromatic carbocycles. The van der Waals surface area contributed by atoms with Crippen LogP contribution in [0.5, 0.6) is 0 Å². The molecule has 1 aliphatic carbocycles. The van der Waals surface area contributed by atoms with E-state index in [0.717, 1.165) is 19.3 Å². The maximum atomic E-state index is 8.91. The van der Waals surface area contributed by atoms with E-state index in [0.29, 0.717) is 6.10 Å². The van der Waals surface area contributed by atoms with E-state index in [9.17, 15) is 0 Å². The molecule has 0 heterocycles. The van der Waals surface area contributed by atoms with Crippen LogP contribution < -0.4 is 5.48 Å². The van der Waals surface area contributed by atoms with Crippen molar-refractivity contribution in [3.05, 3.63) is 0 Å². The zero-order valence-corrected chi connectivity index (χ0v) is 8.46. The van der Waals surface area contributed by atoms with Gasteiger partial charge >= 0.3 is 0 Å². The normalized spacial score (nSPS) is 21.7. The van der Waals surface area contributed by atoms with E-state index in [1.807, 2.05) is 6.92 Å². The van der Waals surface area contributed by atoms with Crippen molar-refractivity contribution in [1.82, 2.24) is 5.48 Å². The Morgan fingerprint density at radius 3 is 2.62 bits per heavy atom. The Kier molecular flexibility index (Phi) is 5.35. The van der Waals surface area contributed by atoms with Crippen LogP contribution in [0.1, 0.15) is 45.4 Å². The molecular formula is C10H21NO2. The zero-order valence-electron chi connectivity index (χ0n) is 8.46. The van der Waals surface area contributed by atoms with E-state index in [-0.39, 0.29) is 12.6 Å². The molecule has 0 aliphatic heterocycles. The van der Waals surface area contributed by atoms with Crippen molar-refractivity contribution in [2.75, 3.05) is 6.61 Å². The highest BCUT2D eigenvalue weighted by Gasteiger charge is 2.15. The van der Waals surface area contributed by atoms with Crippen LogP contribution in [-0.2, 0) is 4.84 Å². The van der Waals surface area contributed by atoms with Gasteiger partial charge in [-0.3, -0.25) is 4.84 Å². The second-order valence-corrected chi connectivity index (χ2v) is 3.78. The first kappa shape index (κ1) is 11.0. The van der Waals surface area contributed by atoms with Crippen LogP contribution in [0.3, 0.4) is 0 Å². The Morgan fingerprint density at radius 2 is 2.08 bits per heavy atom. The monoisotopic (exact) mass is 187 g/mol. The number of hydrogen-bond donors (Lipinski definition) is 2. The van der Waals surface area contributed by atoms with Gasteiger partial charge in [0.25, 0.3) is 0 Å². The molecule has 3 heteroatoms. The van der Waals surface area contributed by atoms with Gasteiger partial charge in [-0.25, -0.2) is 0 Å². The van der Waals surface area contributed by atoms with Crippen LogP contribution in [-0.4, -0.2) is 23.9 Å². The van der Waals surface area contributed by atoms with Crippen LogP contribution in [0.25, 0.3) is 0 Å². The summed E-state index contributed by atoms with van der Waals surface area (Å²) < 4.78 is 0. The van der Waals surface area contributed by atoms with E-state index in [4.69, 9.17) is 9.94 Å². The second-order valence-electron chi connectivity index (χ2n) is 3.78. The topological polar surface area (TPSA) is 41.5 Å². The molecule has 2 N–H and O–H groups in total. The molecule has 0 saturated heterocycles. The van der Waals surface area contributed by atoms with Crippen LogP contribution in [0, 0.1) is 0 Å². The van der Waals surface area contributed by atoms with Gasteiger partial charge in [0, 0.05) is 0 Å². The molecule has 1 unspecified atom stereocenters. The smallest absolute Gasteiger partial charge is 0.0790 e. The molecule has 1 fully saturated rings. The standard InChI is InChI=1S/C10H21NO2/c1-2-9(8-12)11-13-10-6-4-3-5-7-10/h9-12H,2-8H2,1H3. The van der Waals surface area contributed by atoms with Crippen molar-refractivity contribution in [2.45, 2.75) is 57.6 Å². The molecule has 0 amide bonds. The highest BCUT2D eigenvalue weighted by molar-refractivity contribution is 4.65. The third-order valence-electron chi connectivity index (χ3n) is 2.67. The molecule has 1 aliphatic rings. The third-order valence-corrected chi connectivity index (χ3v) is 2.67. The summed E-state index contributed by atoms with van der Waals surface area (Å²) in [5, 5.41) is 8.91. The Labute approximate surface area is 80.4 Å². The molecule has 0 bridgehead atoms. The lowest BCUT2D eigenvalue weighted by atomic mass is 9.98. The molecule has 3 nitrogen and oxygen atoms in total. The molecule has 0 aromatic rings. The van der Waals surface area contributed by atoms with Gasteiger partial charge in [0.15, 0.2) is 0 Å². The first-order chi connectivity index (χ1) is 6.36. The predicted molar refractivity (Wildman–Crippen MR) is 52.3 cm³/mol. The Bertz CT molecular complexity index is 120. The van der Waals surface area contributed by atoms with Gasteiger partial charge in [-0.1, -0.05) is 26.2 Å². The number of rotatable bonds is 5. The molecule has 1 atom stereocenters. The number of hydrogen-bond acceptors (Lipinski definition) is 3. The highest BCUT2D eigenvalue weighted by Crippen LogP contribution is 2.19. The summed E-state index contributed by atoms with van der Waals surface area (Å²) in [6.07, 6.45) is 7.50. The van der Waals surface area contributed by atoms with Gasteiger partial charge < -0.3 is 5.11 Å². The Balaban J connectivity index is 2.09. The van der Waals surface area contributed by atoms with Crippen LogP contribution >= 0.6 is 0 Å². The van der Waals surface area contributed by atoms with Crippen LogP contribution in [0.15, 0.2) is 0 Å². The zero-order chi connectivity index (χ0) is 9.52. The SMILES string of the molecule is CCC(CO)NOC1CCCCC1. The molecular weight excluding hydrogens is 166 g/mol. The molecule has 78 valence electrons. The van der Waals surface area contributed by atoms with Gasteiger partial charge in [0.2, 0.25) is 0 Å². The lowest BCUT2D eigenvalue weighted by molar-refractivity contribution is -0.0668. The van der Waals surface area contributed by atoms with E-state index < -0.39 is 0 Å². The van der Waals surface area contributed by atoms with Gasteiger partial charge in [-0.05, 0) is 19.3 Å². The Hall–Kier alpha value is -0.120. The van der Waals surface area contributed by atoms with E-state index in [2.05, 4.69) is 5.48 Å². The minimum Gasteiger partial charge on any atom is -0.395 e. The number of hydroxylamine groups is 1. The predicted octanol–water partition coefficient (Wildman–Crippen LogP) is 1.61. The van der Waals surface area contributed by atoms with Gasteiger partial charge in [-0.15, -0.1) is 0 Å². The summed E-state index contributed by atoms with van der Waals surface area (Å²) in [6, 6.07) is 0.0990. The third kappa shape index (κ3) is 4.07. The average Bonchev–Trinajstić information content (AvgIpc) is 2.21. The molecule has 1 rings (SSSR count). The summed E-state index contributed by atoms with van der Waals surface area (Å²) in [5.74, 6) is 0. The van der Waals surface area contributed by atoms with Gasteiger partial charge in [0.05, 0.1) is 18.8 Å². The maximum Gasteiger partial charge on any atom is 0.0790 e. The number of aliphatic hydroxyl groups is 1. The van der Waals surface area contributed by atoms with Crippen molar-refractivity contribution in [3.8, 4) is 0 Å². The number of nitrogens with one attached hydrogen (secondary N) is 1. The van der Waals surface area contributed by atoms with Crippen molar-refractivity contribution in [3.63, 3.8) is 0 Å². The van der Waals surface area contributed by atoms with Crippen LogP contribution in [0.4, 0.5) is 0 Å². The molecule has 0 aromatic heterocycles. The van der Waals surface area contributed by atoms with Gasteiger partial charge in [0.1, 0.15) is 0 Å². The fraction of sp³-hybridized carbons (Fsp3) is 1.00. The fourth-order valence-electron chi connectivity index (χ4n) is 1.63. The fourth-order valence-corrected chi connectivity index (χ4v) is 1.63. The van der Waals surface area contributed by atoms with Gasteiger partial charge in [-0.2, -0.15) is 5.48 Å². The molecule has 1 saturated carbocycles. The minimum atomic E-state index is 0.0990. The summed E-state index contributed by atoms with van der Waals surface area (Å²) in [7, 11) is 0. The maximum absolute atomic E-state index is 8.91. The first-order valence-corrected chi connectivity index (χ1v) is 5.38. The lowest BCUT2D eigenvalue weighted by Crippen LogP contribution is -2.36. The first-order valence-electron chi connectivity index (χ1n) is 5.38. The van der Waals surface area contributed by atoms with Crippen molar-refractivity contribution >= 4 is 0 Å². The van der Waals surface area contributed by atoms with E-state index in [1.165, 1.54) is 19.3 Å². The highest BCUT2D eigenvalue weighted by atomic mass is 16.7. The van der Waals surface area contributed by atoms with Crippen molar-refractivity contribution in [2.24, 2.45) is 0 Å². The summed E-state index contributed by atoms with van der Waals surface area (Å²) in [6.45, 7) is 2.20. The van der Waals surface area contributed by atoms with Crippen molar-refractivity contribution < 1.29 is 9.94 Å². The minimum absolute atomic E-state index is 0.0990. The molecule has 13 heavy (non-hydrogen) atoms. The molecule has 0 radical (unpaired) electrons. The largest absolute Gasteiger partial charge is 0.395 e. The summed E-state index contributed by atoms with van der Waals surface area (Å²) in [5.41, 5.74) is 2.94. The average molecular weight is 187 g/mol. The molecule has 0 spiro atoms. The summed E-state index contributed by atoms with van der Waals surface area (Å²) in [4.78, 5) is 5.52. The quantitative estimate of drug-likeness (QED) is 0.642. The number of aliphatic hydroxyl groups excluding tert-OH is 1. The van der Waals surface area contributed by atoms with Crippen LogP contribution in [0.2, 0.25) is 0 Å². The lowest BCUT2D eigenvalue weighted by Gasteiger charge is -2.24. The Morgan fingerprint density at radius 1 is 1.38 bits per heavy atom.